The second-order valence-corrected chi connectivity index (χ2v) is 5.25. The minimum Gasteiger partial charge on any atom is -0.363 e. The van der Waals surface area contributed by atoms with Gasteiger partial charge in [-0.25, -0.2) is 14.4 Å². The molecule has 0 fully saturated rings. The van der Waals surface area contributed by atoms with E-state index >= 15 is 0 Å². The molecule has 3 aromatic rings. The molecule has 0 radical (unpaired) electrons. The molecule has 0 unspecified atom stereocenters. The molecular formula is C18H13FN4O2. The van der Waals surface area contributed by atoms with E-state index in [1.54, 1.807) is 24.3 Å². The van der Waals surface area contributed by atoms with Crippen LogP contribution in [0.25, 0.3) is 22.0 Å². The number of amides is 2. The van der Waals surface area contributed by atoms with Crippen molar-refractivity contribution in [2.75, 3.05) is 5.32 Å². The Balaban J connectivity index is 2.07. The highest BCUT2D eigenvalue weighted by molar-refractivity contribution is 5.99. The van der Waals surface area contributed by atoms with Crippen LogP contribution in [0.3, 0.4) is 0 Å². The SMILES string of the molecule is C=CC(=O)Nc1cc(F)cc(-c2ccc3cnc(C(N)=O)nc3c2)c1. The Kier molecular flexibility index (Phi) is 4.21. The van der Waals surface area contributed by atoms with Crippen LogP contribution in [-0.2, 0) is 4.79 Å². The first kappa shape index (κ1) is 16.3. The predicted molar refractivity (Wildman–Crippen MR) is 92.3 cm³/mol. The summed E-state index contributed by atoms with van der Waals surface area (Å²) in [7, 11) is 0. The zero-order valence-corrected chi connectivity index (χ0v) is 13.0. The number of anilines is 1. The van der Waals surface area contributed by atoms with Crippen LogP contribution in [-0.4, -0.2) is 21.8 Å². The summed E-state index contributed by atoms with van der Waals surface area (Å²) in [4.78, 5) is 30.6. The number of hydrogen-bond acceptors (Lipinski definition) is 4. The van der Waals surface area contributed by atoms with E-state index in [0.717, 1.165) is 6.08 Å². The van der Waals surface area contributed by atoms with Crippen molar-refractivity contribution >= 4 is 28.4 Å². The number of fused-ring (bicyclic) bond motifs is 1. The molecule has 124 valence electrons. The van der Waals surface area contributed by atoms with Crippen molar-refractivity contribution in [1.29, 1.82) is 0 Å². The van der Waals surface area contributed by atoms with Crippen LogP contribution in [0.15, 0.2) is 55.3 Å². The van der Waals surface area contributed by atoms with Gasteiger partial charge in [-0.1, -0.05) is 18.7 Å². The van der Waals surface area contributed by atoms with Gasteiger partial charge in [0.25, 0.3) is 5.91 Å². The third kappa shape index (κ3) is 3.50. The van der Waals surface area contributed by atoms with Gasteiger partial charge in [0.15, 0.2) is 0 Å². The smallest absolute Gasteiger partial charge is 0.286 e. The van der Waals surface area contributed by atoms with Crippen LogP contribution in [0.1, 0.15) is 10.6 Å². The Hall–Kier alpha value is -3.61. The molecular weight excluding hydrogens is 323 g/mol. The molecule has 25 heavy (non-hydrogen) atoms. The second kappa shape index (κ2) is 6.48. The Labute approximate surface area is 142 Å². The Bertz CT molecular complexity index is 1020. The lowest BCUT2D eigenvalue weighted by Crippen LogP contribution is -2.14. The van der Waals surface area contributed by atoms with Gasteiger partial charge in [-0.05, 0) is 41.5 Å². The second-order valence-electron chi connectivity index (χ2n) is 5.25. The number of halogens is 1. The quantitative estimate of drug-likeness (QED) is 0.716. The molecule has 2 amide bonds. The molecule has 0 aliphatic rings. The number of nitrogens with one attached hydrogen (secondary N) is 1. The van der Waals surface area contributed by atoms with E-state index in [1.807, 2.05) is 0 Å². The van der Waals surface area contributed by atoms with Crippen molar-refractivity contribution in [2.45, 2.75) is 0 Å². The van der Waals surface area contributed by atoms with Crippen molar-refractivity contribution in [3.8, 4) is 11.1 Å². The van der Waals surface area contributed by atoms with E-state index in [9.17, 15) is 14.0 Å². The topological polar surface area (TPSA) is 98.0 Å². The molecule has 0 bridgehead atoms. The Morgan fingerprint density at radius 1 is 1.16 bits per heavy atom. The summed E-state index contributed by atoms with van der Waals surface area (Å²) in [6, 6.07) is 9.38. The van der Waals surface area contributed by atoms with Gasteiger partial charge in [-0.2, -0.15) is 0 Å². The average molecular weight is 336 g/mol. The minimum atomic E-state index is -0.729. The number of hydrogen-bond donors (Lipinski definition) is 2. The fourth-order valence-electron chi connectivity index (χ4n) is 2.34. The van der Waals surface area contributed by atoms with E-state index in [1.165, 1.54) is 18.3 Å². The van der Waals surface area contributed by atoms with Crippen molar-refractivity contribution in [2.24, 2.45) is 5.73 Å². The molecule has 7 heteroatoms. The largest absolute Gasteiger partial charge is 0.363 e. The maximum absolute atomic E-state index is 13.9. The minimum absolute atomic E-state index is 0.0946. The first-order chi connectivity index (χ1) is 12.0. The summed E-state index contributed by atoms with van der Waals surface area (Å²) >= 11 is 0. The molecule has 1 aromatic heterocycles. The predicted octanol–water partition coefficient (Wildman–Crippen LogP) is 2.66. The van der Waals surface area contributed by atoms with E-state index in [0.29, 0.717) is 27.7 Å². The fraction of sp³-hybridized carbons (Fsp3) is 0. The van der Waals surface area contributed by atoms with E-state index in [-0.39, 0.29) is 5.82 Å². The van der Waals surface area contributed by atoms with Gasteiger partial charge in [0, 0.05) is 17.3 Å². The lowest BCUT2D eigenvalue weighted by atomic mass is 10.0. The van der Waals surface area contributed by atoms with Crippen LogP contribution in [0, 0.1) is 5.82 Å². The Morgan fingerprint density at radius 2 is 1.96 bits per heavy atom. The van der Waals surface area contributed by atoms with E-state index in [4.69, 9.17) is 5.73 Å². The fourth-order valence-corrected chi connectivity index (χ4v) is 2.34. The summed E-state index contributed by atoms with van der Waals surface area (Å²) < 4.78 is 13.9. The molecule has 3 rings (SSSR count). The van der Waals surface area contributed by atoms with Gasteiger partial charge in [-0.3, -0.25) is 9.59 Å². The summed E-state index contributed by atoms with van der Waals surface area (Å²) in [5.41, 5.74) is 7.20. The van der Waals surface area contributed by atoms with Crippen LogP contribution in [0.2, 0.25) is 0 Å². The van der Waals surface area contributed by atoms with Crippen LogP contribution in [0.4, 0.5) is 10.1 Å². The monoisotopic (exact) mass is 336 g/mol. The van der Waals surface area contributed by atoms with Gasteiger partial charge in [0.2, 0.25) is 11.7 Å². The Morgan fingerprint density at radius 3 is 2.68 bits per heavy atom. The highest BCUT2D eigenvalue weighted by Gasteiger charge is 2.09. The van der Waals surface area contributed by atoms with Crippen molar-refractivity contribution in [3.05, 3.63) is 66.9 Å². The average Bonchev–Trinajstić information content (AvgIpc) is 2.60. The number of carbonyl (C=O) groups is 2. The molecule has 0 spiro atoms. The lowest BCUT2D eigenvalue weighted by molar-refractivity contribution is -0.111. The van der Waals surface area contributed by atoms with Gasteiger partial charge in [0.1, 0.15) is 5.82 Å². The van der Waals surface area contributed by atoms with Crippen LogP contribution >= 0.6 is 0 Å². The number of carbonyl (C=O) groups excluding carboxylic acids is 2. The maximum atomic E-state index is 13.9. The molecule has 0 saturated carbocycles. The van der Waals surface area contributed by atoms with Crippen molar-refractivity contribution in [3.63, 3.8) is 0 Å². The first-order valence-corrected chi connectivity index (χ1v) is 7.27. The summed E-state index contributed by atoms with van der Waals surface area (Å²) in [6.07, 6.45) is 2.59. The maximum Gasteiger partial charge on any atom is 0.286 e. The van der Waals surface area contributed by atoms with Gasteiger partial charge < -0.3 is 11.1 Å². The zero-order chi connectivity index (χ0) is 18.0. The number of nitrogens with zero attached hydrogens (tertiary/aromatic N) is 2. The van der Waals surface area contributed by atoms with E-state index < -0.39 is 17.6 Å². The van der Waals surface area contributed by atoms with Gasteiger partial charge in [-0.15, -0.1) is 0 Å². The molecule has 0 aliphatic heterocycles. The number of primary amides is 1. The number of nitrogens with two attached hydrogens (primary N) is 1. The molecule has 2 aromatic carbocycles. The van der Waals surface area contributed by atoms with E-state index in [2.05, 4.69) is 21.9 Å². The molecule has 6 nitrogen and oxygen atoms in total. The van der Waals surface area contributed by atoms with Crippen LogP contribution < -0.4 is 11.1 Å². The molecule has 3 N–H and O–H groups in total. The third-order valence-electron chi connectivity index (χ3n) is 3.49. The summed E-state index contributed by atoms with van der Waals surface area (Å²) in [5, 5.41) is 3.23. The highest BCUT2D eigenvalue weighted by Crippen LogP contribution is 2.27. The van der Waals surface area contributed by atoms with Crippen molar-refractivity contribution < 1.29 is 14.0 Å². The highest BCUT2D eigenvalue weighted by atomic mass is 19.1. The summed E-state index contributed by atoms with van der Waals surface area (Å²) in [5.74, 6) is -1.76. The molecule has 0 saturated heterocycles. The van der Waals surface area contributed by atoms with Crippen LogP contribution in [0.5, 0.6) is 0 Å². The van der Waals surface area contributed by atoms with Crippen molar-refractivity contribution in [1.82, 2.24) is 9.97 Å². The lowest BCUT2D eigenvalue weighted by Gasteiger charge is -2.08. The van der Waals surface area contributed by atoms with Gasteiger partial charge >= 0.3 is 0 Å². The number of rotatable bonds is 4. The van der Waals surface area contributed by atoms with Gasteiger partial charge in [0.05, 0.1) is 5.52 Å². The molecule has 0 atom stereocenters. The summed E-state index contributed by atoms with van der Waals surface area (Å²) in [6.45, 7) is 3.36. The normalized spacial score (nSPS) is 10.4. The first-order valence-electron chi connectivity index (χ1n) is 7.27. The molecule has 0 aliphatic carbocycles. The number of benzene rings is 2. The zero-order valence-electron chi connectivity index (χ0n) is 13.0. The standard InChI is InChI=1S/C18H13FN4O2/c1-2-16(24)22-14-6-12(5-13(19)8-14)10-3-4-11-9-21-18(17(20)25)23-15(11)7-10/h2-9H,1H2,(H2,20,25)(H,22,24). The number of aromatic nitrogens is 2. The molecule has 1 heterocycles. The third-order valence-corrected chi connectivity index (χ3v) is 3.49.